The maximum atomic E-state index is 13.6. The lowest BCUT2D eigenvalue weighted by molar-refractivity contribution is 0.410. The summed E-state index contributed by atoms with van der Waals surface area (Å²) in [5, 5.41) is 3.31. The predicted molar refractivity (Wildman–Crippen MR) is 65.0 cm³/mol. The molecule has 1 fully saturated rings. The zero-order valence-electron chi connectivity index (χ0n) is 9.67. The van der Waals surface area contributed by atoms with Gasteiger partial charge in [-0.1, -0.05) is 12.1 Å². The van der Waals surface area contributed by atoms with Crippen LogP contribution in [0.15, 0.2) is 18.2 Å². The Hall–Kier alpha value is -1.09. The molecule has 0 bridgehead atoms. The fourth-order valence-corrected chi connectivity index (χ4v) is 2.28. The van der Waals surface area contributed by atoms with Gasteiger partial charge in [-0.15, -0.1) is 0 Å². The van der Waals surface area contributed by atoms with Crippen LogP contribution in [0, 0.1) is 12.7 Å². The first kappa shape index (κ1) is 11.4. The molecule has 0 unspecified atom stereocenters. The van der Waals surface area contributed by atoms with Crippen molar-refractivity contribution in [3.8, 4) is 0 Å². The van der Waals surface area contributed by atoms with Crippen LogP contribution in [-0.2, 0) is 0 Å². The molecule has 0 atom stereocenters. The van der Waals surface area contributed by atoms with Gasteiger partial charge >= 0.3 is 0 Å². The highest BCUT2D eigenvalue weighted by Gasteiger charge is 2.19. The van der Waals surface area contributed by atoms with Crippen molar-refractivity contribution in [3.05, 3.63) is 29.6 Å². The van der Waals surface area contributed by atoms with Crippen molar-refractivity contribution in [2.75, 3.05) is 5.32 Å². The topological polar surface area (TPSA) is 38.0 Å². The Kier molecular flexibility index (Phi) is 3.44. The third-order valence-electron chi connectivity index (χ3n) is 3.34. The van der Waals surface area contributed by atoms with Gasteiger partial charge in [-0.05, 0) is 44.2 Å². The summed E-state index contributed by atoms with van der Waals surface area (Å²) in [6.07, 6.45) is 4.14. The molecule has 0 heterocycles. The summed E-state index contributed by atoms with van der Waals surface area (Å²) in [5.74, 6) is -0.158. The molecule has 0 aliphatic heterocycles. The maximum absolute atomic E-state index is 13.6. The Morgan fingerprint density at radius 2 is 1.94 bits per heavy atom. The SMILES string of the molecule is Cc1cccc(F)c1NC1CCC(N)CC1. The second-order valence-electron chi connectivity index (χ2n) is 4.69. The quantitative estimate of drug-likeness (QED) is 0.807. The van der Waals surface area contributed by atoms with Crippen LogP contribution in [0.3, 0.4) is 0 Å². The van der Waals surface area contributed by atoms with E-state index in [0.717, 1.165) is 31.2 Å². The number of halogens is 1. The molecule has 0 radical (unpaired) electrons. The fraction of sp³-hybridized carbons (Fsp3) is 0.538. The average Bonchev–Trinajstić information content (AvgIpc) is 2.26. The number of aryl methyl sites for hydroxylation is 1. The van der Waals surface area contributed by atoms with Gasteiger partial charge in [-0.25, -0.2) is 4.39 Å². The van der Waals surface area contributed by atoms with Crippen molar-refractivity contribution in [1.82, 2.24) is 0 Å². The Bertz CT molecular complexity index is 337. The number of para-hydroxylation sites is 1. The molecule has 1 aromatic carbocycles. The molecule has 1 aliphatic carbocycles. The highest BCUT2D eigenvalue weighted by Crippen LogP contribution is 2.25. The number of benzene rings is 1. The number of nitrogens with one attached hydrogen (secondary N) is 1. The van der Waals surface area contributed by atoms with Gasteiger partial charge in [0.2, 0.25) is 0 Å². The highest BCUT2D eigenvalue weighted by atomic mass is 19.1. The fourth-order valence-electron chi connectivity index (χ4n) is 2.28. The first-order chi connectivity index (χ1) is 7.66. The van der Waals surface area contributed by atoms with Gasteiger partial charge < -0.3 is 11.1 Å². The Morgan fingerprint density at radius 3 is 2.56 bits per heavy atom. The smallest absolute Gasteiger partial charge is 0.146 e. The van der Waals surface area contributed by atoms with E-state index in [-0.39, 0.29) is 5.82 Å². The lowest BCUT2D eigenvalue weighted by Crippen LogP contribution is -2.33. The minimum atomic E-state index is -0.158. The third-order valence-corrected chi connectivity index (χ3v) is 3.34. The monoisotopic (exact) mass is 222 g/mol. The molecule has 1 aromatic rings. The van der Waals surface area contributed by atoms with Crippen molar-refractivity contribution in [1.29, 1.82) is 0 Å². The van der Waals surface area contributed by atoms with Gasteiger partial charge in [-0.3, -0.25) is 0 Å². The molecule has 0 spiro atoms. The van der Waals surface area contributed by atoms with Crippen LogP contribution in [0.1, 0.15) is 31.2 Å². The van der Waals surface area contributed by atoms with E-state index >= 15 is 0 Å². The van der Waals surface area contributed by atoms with Crippen LogP contribution in [0.2, 0.25) is 0 Å². The summed E-state index contributed by atoms with van der Waals surface area (Å²) in [7, 11) is 0. The number of hydrogen-bond acceptors (Lipinski definition) is 2. The summed E-state index contributed by atoms with van der Waals surface area (Å²) in [4.78, 5) is 0. The molecule has 88 valence electrons. The lowest BCUT2D eigenvalue weighted by Gasteiger charge is -2.28. The van der Waals surface area contributed by atoms with Crippen molar-refractivity contribution < 1.29 is 4.39 Å². The Balaban J connectivity index is 2.04. The molecule has 1 aliphatic rings. The van der Waals surface area contributed by atoms with E-state index in [1.807, 2.05) is 13.0 Å². The summed E-state index contributed by atoms with van der Waals surface area (Å²) >= 11 is 0. The number of anilines is 1. The molecule has 16 heavy (non-hydrogen) atoms. The molecule has 2 nitrogen and oxygen atoms in total. The number of nitrogens with two attached hydrogens (primary N) is 1. The standard InChI is InChI=1S/C13H19FN2/c1-9-3-2-4-12(14)13(9)16-11-7-5-10(15)6-8-11/h2-4,10-11,16H,5-8,15H2,1H3. The molecular weight excluding hydrogens is 203 g/mol. The van der Waals surface area contributed by atoms with Gasteiger partial charge in [0.05, 0.1) is 5.69 Å². The summed E-state index contributed by atoms with van der Waals surface area (Å²) in [6.45, 7) is 1.93. The van der Waals surface area contributed by atoms with E-state index in [9.17, 15) is 4.39 Å². The minimum Gasteiger partial charge on any atom is -0.380 e. The van der Waals surface area contributed by atoms with Gasteiger partial charge in [-0.2, -0.15) is 0 Å². The van der Waals surface area contributed by atoms with E-state index in [1.165, 1.54) is 6.07 Å². The Labute approximate surface area is 96.0 Å². The van der Waals surface area contributed by atoms with Crippen molar-refractivity contribution >= 4 is 5.69 Å². The first-order valence-corrected chi connectivity index (χ1v) is 5.94. The highest BCUT2D eigenvalue weighted by molar-refractivity contribution is 5.52. The zero-order chi connectivity index (χ0) is 11.5. The minimum absolute atomic E-state index is 0.158. The van der Waals surface area contributed by atoms with Gasteiger partial charge in [0.15, 0.2) is 0 Å². The molecule has 2 rings (SSSR count). The number of rotatable bonds is 2. The molecule has 3 N–H and O–H groups in total. The van der Waals surface area contributed by atoms with Crippen molar-refractivity contribution in [2.45, 2.75) is 44.7 Å². The summed E-state index contributed by atoms with van der Waals surface area (Å²) in [5.41, 5.74) is 7.47. The summed E-state index contributed by atoms with van der Waals surface area (Å²) in [6, 6.07) is 5.88. The van der Waals surface area contributed by atoms with E-state index in [0.29, 0.717) is 17.8 Å². The van der Waals surface area contributed by atoms with Crippen molar-refractivity contribution in [3.63, 3.8) is 0 Å². The molecule has 3 heteroatoms. The van der Waals surface area contributed by atoms with Crippen LogP contribution in [0.4, 0.5) is 10.1 Å². The molecule has 0 amide bonds. The van der Waals surface area contributed by atoms with Gasteiger partial charge in [0, 0.05) is 12.1 Å². The maximum Gasteiger partial charge on any atom is 0.146 e. The number of hydrogen-bond donors (Lipinski definition) is 2. The van der Waals surface area contributed by atoms with Gasteiger partial charge in [0.25, 0.3) is 0 Å². The average molecular weight is 222 g/mol. The lowest BCUT2D eigenvalue weighted by atomic mass is 9.91. The molecule has 1 saturated carbocycles. The second-order valence-corrected chi connectivity index (χ2v) is 4.69. The zero-order valence-corrected chi connectivity index (χ0v) is 9.67. The van der Waals surface area contributed by atoms with Crippen LogP contribution in [0.5, 0.6) is 0 Å². The Morgan fingerprint density at radius 1 is 1.25 bits per heavy atom. The van der Waals surface area contributed by atoms with E-state index in [4.69, 9.17) is 5.73 Å². The van der Waals surface area contributed by atoms with Crippen LogP contribution >= 0.6 is 0 Å². The van der Waals surface area contributed by atoms with E-state index in [1.54, 1.807) is 6.07 Å². The molecule has 0 saturated heterocycles. The first-order valence-electron chi connectivity index (χ1n) is 5.94. The largest absolute Gasteiger partial charge is 0.380 e. The van der Waals surface area contributed by atoms with Gasteiger partial charge in [0.1, 0.15) is 5.82 Å². The van der Waals surface area contributed by atoms with Crippen LogP contribution < -0.4 is 11.1 Å². The predicted octanol–water partition coefficient (Wildman–Crippen LogP) is 2.82. The third kappa shape index (κ3) is 2.53. The van der Waals surface area contributed by atoms with Crippen molar-refractivity contribution in [2.24, 2.45) is 5.73 Å². The second kappa shape index (κ2) is 4.83. The molecular formula is C13H19FN2. The van der Waals surface area contributed by atoms with E-state index in [2.05, 4.69) is 5.32 Å². The van der Waals surface area contributed by atoms with Crippen LogP contribution in [-0.4, -0.2) is 12.1 Å². The van der Waals surface area contributed by atoms with Crippen LogP contribution in [0.25, 0.3) is 0 Å². The molecule has 0 aromatic heterocycles. The van der Waals surface area contributed by atoms with E-state index < -0.39 is 0 Å². The normalized spacial score (nSPS) is 25.4. The summed E-state index contributed by atoms with van der Waals surface area (Å²) < 4.78 is 13.6.